The Labute approximate surface area is 162 Å². The number of carbonyl (C=O) groups excluding carboxylic acids is 2. The van der Waals surface area contributed by atoms with Crippen LogP contribution in [-0.4, -0.2) is 33.6 Å². The lowest BCUT2D eigenvalue weighted by Gasteiger charge is -2.06. The van der Waals surface area contributed by atoms with Gasteiger partial charge in [0.25, 0.3) is 12.3 Å². The molecule has 0 spiro atoms. The molecule has 1 aliphatic carbocycles. The van der Waals surface area contributed by atoms with Gasteiger partial charge in [0.05, 0.1) is 12.7 Å². The van der Waals surface area contributed by atoms with Crippen LogP contribution in [0, 0.1) is 6.92 Å². The van der Waals surface area contributed by atoms with Gasteiger partial charge >= 0.3 is 5.97 Å². The van der Waals surface area contributed by atoms with Gasteiger partial charge in [0.2, 0.25) is 0 Å². The molecule has 4 rings (SSSR count). The van der Waals surface area contributed by atoms with Crippen LogP contribution in [-0.2, 0) is 4.74 Å². The van der Waals surface area contributed by atoms with Crippen LogP contribution in [0.15, 0.2) is 18.2 Å². The Balaban J connectivity index is 1.69. The maximum atomic E-state index is 13.5. The third-order valence-corrected chi connectivity index (χ3v) is 5.38. The van der Waals surface area contributed by atoms with Gasteiger partial charge in [-0.05, 0) is 31.9 Å². The monoisotopic (exact) mass is 406 g/mol. The van der Waals surface area contributed by atoms with Crippen molar-refractivity contribution in [3.8, 4) is 0 Å². The maximum absolute atomic E-state index is 13.5. The van der Waals surface area contributed by atoms with E-state index in [2.05, 4.69) is 15.4 Å². The van der Waals surface area contributed by atoms with E-state index in [0.717, 1.165) is 22.2 Å². The van der Waals surface area contributed by atoms with Crippen molar-refractivity contribution in [2.24, 2.45) is 0 Å². The number of ether oxygens (including phenoxy) is 1. The lowest BCUT2D eigenvalue weighted by atomic mass is 10.2. The highest BCUT2D eigenvalue weighted by molar-refractivity contribution is 7.16. The highest BCUT2D eigenvalue weighted by atomic mass is 32.1. The Kier molecular flexibility index (Phi) is 4.58. The maximum Gasteiger partial charge on any atom is 0.340 e. The number of carbonyl (C=O) groups is 2. The molecule has 146 valence electrons. The molecular formula is C18H16F2N4O3S. The van der Waals surface area contributed by atoms with Crippen LogP contribution in [0.5, 0.6) is 0 Å². The third kappa shape index (κ3) is 3.35. The van der Waals surface area contributed by atoms with E-state index in [4.69, 9.17) is 4.74 Å². The molecular weight excluding hydrogens is 390 g/mol. The summed E-state index contributed by atoms with van der Waals surface area (Å²) in [7, 11) is 1.25. The fraction of sp³-hybridized carbons (Fsp3) is 0.333. The second kappa shape index (κ2) is 6.93. The molecule has 0 radical (unpaired) electrons. The number of aryl methyl sites for hydroxylation is 1. The fourth-order valence-corrected chi connectivity index (χ4v) is 3.80. The smallest absolute Gasteiger partial charge is 0.340 e. The Morgan fingerprint density at radius 3 is 2.71 bits per heavy atom. The molecule has 0 saturated heterocycles. The molecule has 0 bridgehead atoms. The molecule has 0 aliphatic heterocycles. The van der Waals surface area contributed by atoms with Gasteiger partial charge in [0.15, 0.2) is 11.3 Å². The van der Waals surface area contributed by atoms with E-state index >= 15 is 0 Å². The lowest BCUT2D eigenvalue weighted by molar-refractivity contribution is 0.0602. The summed E-state index contributed by atoms with van der Waals surface area (Å²) in [4.78, 5) is 29.7. The standard InChI is InChI=1S/C18H16F2N4O3S/c1-8-5-10(18(26)27-2)17(28-8)22-16(25)12-7-14-21-11(9-3-4-9)6-13(15(19)20)24(14)23-12/h5-7,9,15H,3-4H2,1-2H3,(H,22,25). The van der Waals surface area contributed by atoms with E-state index in [0.29, 0.717) is 10.7 Å². The summed E-state index contributed by atoms with van der Waals surface area (Å²) in [6.45, 7) is 1.79. The molecule has 0 aromatic carbocycles. The number of amides is 1. The number of anilines is 1. The van der Waals surface area contributed by atoms with Gasteiger partial charge in [-0.25, -0.2) is 23.1 Å². The molecule has 7 nitrogen and oxygen atoms in total. The van der Waals surface area contributed by atoms with E-state index in [-0.39, 0.29) is 28.5 Å². The first kappa shape index (κ1) is 18.5. The summed E-state index contributed by atoms with van der Waals surface area (Å²) in [6.07, 6.45) is -0.910. The average Bonchev–Trinajstić information content (AvgIpc) is 3.32. The molecule has 3 heterocycles. The van der Waals surface area contributed by atoms with Crippen molar-refractivity contribution >= 4 is 33.9 Å². The summed E-state index contributed by atoms with van der Waals surface area (Å²) in [5.41, 5.74) is 0.652. The topological polar surface area (TPSA) is 85.6 Å². The van der Waals surface area contributed by atoms with Crippen molar-refractivity contribution in [1.29, 1.82) is 0 Å². The van der Waals surface area contributed by atoms with Crippen molar-refractivity contribution in [3.63, 3.8) is 0 Å². The number of alkyl halides is 2. The first-order chi connectivity index (χ1) is 13.4. The number of thiophene rings is 1. The van der Waals surface area contributed by atoms with Crippen LogP contribution in [0.4, 0.5) is 13.8 Å². The lowest BCUT2D eigenvalue weighted by Crippen LogP contribution is -2.14. The minimum atomic E-state index is -2.75. The van der Waals surface area contributed by atoms with E-state index in [1.165, 1.54) is 30.6 Å². The molecule has 1 amide bonds. The van der Waals surface area contributed by atoms with E-state index in [1.807, 2.05) is 0 Å². The summed E-state index contributed by atoms with van der Waals surface area (Å²) < 4.78 is 32.6. The van der Waals surface area contributed by atoms with Gasteiger partial charge in [-0.1, -0.05) is 0 Å². The predicted octanol–water partition coefficient (Wildman–Crippen LogP) is 3.95. The summed E-state index contributed by atoms with van der Waals surface area (Å²) >= 11 is 1.21. The molecule has 3 aromatic heterocycles. The molecule has 1 N–H and O–H groups in total. The zero-order chi connectivity index (χ0) is 20.0. The molecule has 28 heavy (non-hydrogen) atoms. The number of fused-ring (bicyclic) bond motifs is 1. The molecule has 1 aliphatic rings. The Morgan fingerprint density at radius 2 is 2.07 bits per heavy atom. The van der Waals surface area contributed by atoms with Crippen LogP contribution >= 0.6 is 11.3 Å². The Hall–Kier alpha value is -2.88. The van der Waals surface area contributed by atoms with E-state index in [9.17, 15) is 18.4 Å². The normalized spacial score (nSPS) is 13.9. The SMILES string of the molecule is COC(=O)c1cc(C)sc1NC(=O)c1cc2nc(C3CC3)cc(C(F)F)n2n1. The van der Waals surface area contributed by atoms with Crippen LogP contribution in [0.3, 0.4) is 0 Å². The van der Waals surface area contributed by atoms with Crippen molar-refractivity contribution in [3.05, 3.63) is 45.7 Å². The van der Waals surface area contributed by atoms with E-state index < -0.39 is 18.3 Å². The summed E-state index contributed by atoms with van der Waals surface area (Å²) in [5, 5.41) is 6.92. The molecule has 10 heteroatoms. The predicted molar refractivity (Wildman–Crippen MR) is 98.3 cm³/mol. The van der Waals surface area contributed by atoms with Crippen LogP contribution in [0.1, 0.15) is 62.3 Å². The Morgan fingerprint density at radius 1 is 1.32 bits per heavy atom. The van der Waals surface area contributed by atoms with Crippen LogP contribution in [0.25, 0.3) is 5.65 Å². The highest BCUT2D eigenvalue weighted by Crippen LogP contribution is 2.40. The van der Waals surface area contributed by atoms with Gasteiger partial charge in [-0.3, -0.25) is 4.79 Å². The number of hydrogen-bond donors (Lipinski definition) is 1. The zero-order valence-corrected chi connectivity index (χ0v) is 15.8. The average molecular weight is 406 g/mol. The first-order valence-corrected chi connectivity index (χ1v) is 9.38. The minimum absolute atomic E-state index is 0.0655. The highest BCUT2D eigenvalue weighted by Gasteiger charge is 2.28. The number of nitrogens with one attached hydrogen (secondary N) is 1. The number of aromatic nitrogens is 3. The van der Waals surface area contributed by atoms with Crippen LogP contribution < -0.4 is 5.32 Å². The number of nitrogens with zero attached hydrogens (tertiary/aromatic N) is 3. The van der Waals surface area contributed by atoms with Crippen molar-refractivity contribution in [2.45, 2.75) is 32.1 Å². The van der Waals surface area contributed by atoms with Crippen molar-refractivity contribution < 1.29 is 23.1 Å². The van der Waals surface area contributed by atoms with Gasteiger partial charge in [0.1, 0.15) is 10.7 Å². The summed E-state index contributed by atoms with van der Waals surface area (Å²) in [6, 6.07) is 4.32. The molecule has 3 aromatic rings. The van der Waals surface area contributed by atoms with Crippen molar-refractivity contribution in [2.75, 3.05) is 12.4 Å². The van der Waals surface area contributed by atoms with Gasteiger partial charge in [-0.15, -0.1) is 11.3 Å². The van der Waals surface area contributed by atoms with Gasteiger partial charge in [0, 0.05) is 22.6 Å². The number of methoxy groups -OCH3 is 1. The number of hydrogen-bond acceptors (Lipinski definition) is 6. The molecule has 1 saturated carbocycles. The molecule has 0 atom stereocenters. The van der Waals surface area contributed by atoms with Crippen molar-refractivity contribution in [1.82, 2.24) is 14.6 Å². The fourth-order valence-electron chi connectivity index (χ4n) is 2.91. The molecule has 0 unspecified atom stereocenters. The number of esters is 1. The van der Waals surface area contributed by atoms with Gasteiger partial charge < -0.3 is 10.1 Å². The minimum Gasteiger partial charge on any atom is -0.465 e. The largest absolute Gasteiger partial charge is 0.465 e. The zero-order valence-electron chi connectivity index (χ0n) is 15.0. The van der Waals surface area contributed by atoms with E-state index in [1.54, 1.807) is 13.0 Å². The first-order valence-electron chi connectivity index (χ1n) is 8.56. The Bertz CT molecular complexity index is 1090. The second-order valence-electron chi connectivity index (χ2n) is 6.53. The molecule has 1 fully saturated rings. The second-order valence-corrected chi connectivity index (χ2v) is 7.78. The number of halogens is 2. The van der Waals surface area contributed by atoms with Gasteiger partial charge in [-0.2, -0.15) is 5.10 Å². The van der Waals surface area contributed by atoms with Crippen LogP contribution in [0.2, 0.25) is 0 Å². The number of rotatable bonds is 5. The quantitative estimate of drug-likeness (QED) is 0.649. The third-order valence-electron chi connectivity index (χ3n) is 4.41. The summed E-state index contributed by atoms with van der Waals surface area (Å²) in [5.74, 6) is -1.01.